The first kappa shape index (κ1) is 14.5. The van der Waals surface area contributed by atoms with Crippen LogP contribution in [0.1, 0.15) is 26.5 Å². The number of aromatic nitrogens is 3. The monoisotopic (exact) mass is 274 g/mol. The molecule has 5 nitrogen and oxygen atoms in total. The average Bonchev–Trinajstić information content (AvgIpc) is 2.90. The molecule has 0 unspecified atom stereocenters. The Morgan fingerprint density at radius 1 is 1.30 bits per heavy atom. The zero-order chi connectivity index (χ0) is 14.4. The van der Waals surface area contributed by atoms with Gasteiger partial charge in [0.15, 0.2) is 0 Å². The lowest BCUT2D eigenvalue weighted by Crippen LogP contribution is -2.35. The molecular weight excluding hydrogens is 252 g/mol. The van der Waals surface area contributed by atoms with Crippen molar-refractivity contribution in [1.82, 2.24) is 19.9 Å². The van der Waals surface area contributed by atoms with Crippen molar-refractivity contribution in [2.75, 3.05) is 6.61 Å². The maximum atomic E-state index is 5.65. The van der Waals surface area contributed by atoms with Crippen molar-refractivity contribution >= 4 is 0 Å². The summed E-state index contributed by atoms with van der Waals surface area (Å²) in [6, 6.07) is 3.95. The van der Waals surface area contributed by atoms with Gasteiger partial charge >= 0.3 is 0 Å². The van der Waals surface area contributed by atoms with E-state index in [9.17, 15) is 0 Å². The van der Waals surface area contributed by atoms with Gasteiger partial charge in [0.25, 0.3) is 0 Å². The molecule has 0 bridgehead atoms. The van der Waals surface area contributed by atoms with Crippen LogP contribution in [0.15, 0.2) is 37.1 Å². The van der Waals surface area contributed by atoms with Gasteiger partial charge in [-0.25, -0.2) is 4.98 Å². The smallest absolute Gasteiger partial charge is 0.137 e. The number of pyridine rings is 1. The van der Waals surface area contributed by atoms with Crippen LogP contribution in [0.4, 0.5) is 0 Å². The second-order valence-corrected chi connectivity index (χ2v) is 5.74. The molecule has 0 aliphatic rings. The van der Waals surface area contributed by atoms with Gasteiger partial charge in [-0.1, -0.05) is 0 Å². The van der Waals surface area contributed by atoms with Crippen molar-refractivity contribution in [3.8, 4) is 5.75 Å². The lowest BCUT2D eigenvalue weighted by molar-refractivity contribution is 0.297. The number of ether oxygens (including phenoxy) is 1. The first-order valence-electron chi connectivity index (χ1n) is 6.81. The van der Waals surface area contributed by atoms with Crippen LogP contribution in [0.5, 0.6) is 5.75 Å². The van der Waals surface area contributed by atoms with E-state index in [4.69, 9.17) is 4.74 Å². The first-order chi connectivity index (χ1) is 9.53. The van der Waals surface area contributed by atoms with Gasteiger partial charge in [0.05, 0.1) is 24.8 Å². The summed E-state index contributed by atoms with van der Waals surface area (Å²) in [5.74, 6) is 0.796. The Morgan fingerprint density at radius 2 is 2.15 bits per heavy atom. The minimum Gasteiger partial charge on any atom is -0.490 e. The molecule has 108 valence electrons. The minimum absolute atomic E-state index is 0.0989. The molecule has 0 atom stereocenters. The zero-order valence-electron chi connectivity index (χ0n) is 12.3. The molecule has 0 aliphatic carbocycles. The molecule has 0 aromatic carbocycles. The lowest BCUT2D eigenvalue weighted by Gasteiger charge is -2.20. The number of hydrogen-bond donors (Lipinski definition) is 1. The van der Waals surface area contributed by atoms with E-state index in [-0.39, 0.29) is 5.54 Å². The molecule has 5 heteroatoms. The molecule has 0 aliphatic heterocycles. The predicted octanol–water partition coefficient (Wildman–Crippen LogP) is 2.25. The number of nitrogens with zero attached hydrogens (tertiary/aromatic N) is 3. The average molecular weight is 274 g/mol. The van der Waals surface area contributed by atoms with Gasteiger partial charge in [0, 0.05) is 24.5 Å². The summed E-state index contributed by atoms with van der Waals surface area (Å²) < 4.78 is 7.63. The van der Waals surface area contributed by atoms with Gasteiger partial charge in [0.2, 0.25) is 0 Å². The summed E-state index contributed by atoms with van der Waals surface area (Å²) in [5.41, 5.74) is 1.11. The van der Waals surface area contributed by atoms with Gasteiger partial charge in [-0.15, -0.1) is 0 Å². The maximum absolute atomic E-state index is 5.65. The summed E-state index contributed by atoms with van der Waals surface area (Å²) in [6.45, 7) is 8.57. The van der Waals surface area contributed by atoms with E-state index in [1.165, 1.54) is 0 Å². The van der Waals surface area contributed by atoms with Crippen LogP contribution in [-0.4, -0.2) is 26.7 Å². The minimum atomic E-state index is 0.0989. The molecular formula is C15H22N4O. The fourth-order valence-electron chi connectivity index (χ4n) is 1.64. The Labute approximate surface area is 120 Å². The zero-order valence-corrected chi connectivity index (χ0v) is 12.3. The molecule has 0 fully saturated rings. The van der Waals surface area contributed by atoms with Crippen LogP contribution in [0.3, 0.4) is 0 Å². The summed E-state index contributed by atoms with van der Waals surface area (Å²) >= 11 is 0. The van der Waals surface area contributed by atoms with Gasteiger partial charge in [-0.2, -0.15) is 0 Å². The van der Waals surface area contributed by atoms with Crippen LogP contribution in [0.2, 0.25) is 0 Å². The Bertz CT molecular complexity index is 500. The Morgan fingerprint density at radius 3 is 2.75 bits per heavy atom. The van der Waals surface area contributed by atoms with Crippen molar-refractivity contribution < 1.29 is 4.74 Å². The molecule has 20 heavy (non-hydrogen) atoms. The molecule has 0 amide bonds. The van der Waals surface area contributed by atoms with E-state index in [0.717, 1.165) is 24.5 Å². The normalized spacial score (nSPS) is 11.6. The highest BCUT2D eigenvalue weighted by Gasteiger charge is 2.08. The van der Waals surface area contributed by atoms with Crippen molar-refractivity contribution in [3.05, 3.63) is 42.7 Å². The van der Waals surface area contributed by atoms with Crippen molar-refractivity contribution in [1.29, 1.82) is 0 Å². The molecule has 0 radical (unpaired) electrons. The molecule has 0 saturated heterocycles. The second-order valence-electron chi connectivity index (χ2n) is 5.74. The lowest BCUT2D eigenvalue weighted by atomic mass is 10.1. The molecule has 2 aromatic heterocycles. The molecule has 2 heterocycles. The third kappa shape index (κ3) is 5.01. The predicted molar refractivity (Wildman–Crippen MR) is 78.6 cm³/mol. The fourth-order valence-corrected chi connectivity index (χ4v) is 1.64. The van der Waals surface area contributed by atoms with E-state index >= 15 is 0 Å². The molecule has 0 saturated carbocycles. The summed E-state index contributed by atoms with van der Waals surface area (Å²) in [5, 5.41) is 3.41. The highest BCUT2D eigenvalue weighted by molar-refractivity contribution is 5.19. The molecule has 1 N–H and O–H groups in total. The van der Waals surface area contributed by atoms with E-state index in [1.807, 2.05) is 22.9 Å². The number of rotatable bonds is 6. The van der Waals surface area contributed by atoms with Crippen LogP contribution in [0, 0.1) is 0 Å². The fraction of sp³-hybridized carbons (Fsp3) is 0.467. The topological polar surface area (TPSA) is 52.0 Å². The molecule has 2 aromatic rings. The van der Waals surface area contributed by atoms with E-state index in [1.54, 1.807) is 18.7 Å². The summed E-state index contributed by atoms with van der Waals surface area (Å²) in [4.78, 5) is 8.38. The van der Waals surface area contributed by atoms with E-state index in [0.29, 0.717) is 6.61 Å². The van der Waals surface area contributed by atoms with Gasteiger partial charge in [0.1, 0.15) is 12.4 Å². The standard InChI is InChI=1S/C15H22N4O/c1-15(2,3)18-10-13-4-5-14(11-17-13)20-9-8-19-7-6-16-12-19/h4-7,11-12,18H,8-10H2,1-3H3. The Kier molecular flexibility index (Phi) is 4.74. The number of hydrogen-bond acceptors (Lipinski definition) is 4. The van der Waals surface area contributed by atoms with Crippen LogP contribution in [-0.2, 0) is 13.1 Å². The van der Waals surface area contributed by atoms with Crippen molar-refractivity contribution in [3.63, 3.8) is 0 Å². The number of imidazole rings is 1. The van der Waals surface area contributed by atoms with Crippen LogP contribution >= 0.6 is 0 Å². The van der Waals surface area contributed by atoms with E-state index in [2.05, 4.69) is 36.1 Å². The van der Waals surface area contributed by atoms with Crippen molar-refractivity contribution in [2.24, 2.45) is 0 Å². The Hall–Kier alpha value is -1.88. The summed E-state index contributed by atoms with van der Waals surface area (Å²) in [6.07, 6.45) is 7.23. The molecule has 2 rings (SSSR count). The summed E-state index contributed by atoms with van der Waals surface area (Å²) in [7, 11) is 0. The van der Waals surface area contributed by atoms with Gasteiger partial charge < -0.3 is 14.6 Å². The van der Waals surface area contributed by atoms with Gasteiger partial charge in [-0.05, 0) is 32.9 Å². The highest BCUT2D eigenvalue weighted by Crippen LogP contribution is 2.10. The maximum Gasteiger partial charge on any atom is 0.137 e. The second kappa shape index (κ2) is 6.52. The molecule has 0 spiro atoms. The van der Waals surface area contributed by atoms with Gasteiger partial charge in [-0.3, -0.25) is 4.98 Å². The third-order valence-corrected chi connectivity index (χ3v) is 2.77. The highest BCUT2D eigenvalue weighted by atomic mass is 16.5. The SMILES string of the molecule is CC(C)(C)NCc1ccc(OCCn2ccnc2)cn1. The van der Waals surface area contributed by atoms with Crippen LogP contribution < -0.4 is 10.1 Å². The first-order valence-corrected chi connectivity index (χ1v) is 6.81. The Balaban J connectivity index is 1.76. The third-order valence-electron chi connectivity index (χ3n) is 2.77. The largest absolute Gasteiger partial charge is 0.490 e. The van der Waals surface area contributed by atoms with E-state index < -0.39 is 0 Å². The quantitative estimate of drug-likeness (QED) is 0.877. The van der Waals surface area contributed by atoms with Crippen LogP contribution in [0.25, 0.3) is 0 Å². The number of nitrogens with one attached hydrogen (secondary N) is 1. The van der Waals surface area contributed by atoms with Crippen molar-refractivity contribution in [2.45, 2.75) is 39.4 Å².